The second kappa shape index (κ2) is 6.65. The van der Waals surface area contributed by atoms with Crippen molar-refractivity contribution in [3.05, 3.63) is 94.2 Å². The molecule has 152 valence electrons. The molecule has 0 saturated carbocycles. The number of fused-ring (bicyclic) bond motifs is 4. The maximum Gasteiger partial charge on any atom is 0.230 e. The molecule has 6 rings (SSSR count). The first-order chi connectivity index (χ1) is 15.1. The van der Waals surface area contributed by atoms with Crippen LogP contribution in [0.25, 0.3) is 11.3 Å². The van der Waals surface area contributed by atoms with Crippen LogP contribution in [0.1, 0.15) is 34.1 Å². The largest absolute Gasteiger partial charge is 0.420 e. The summed E-state index contributed by atoms with van der Waals surface area (Å²) in [6.07, 6.45) is 1.64. The first-order valence-corrected chi connectivity index (χ1v) is 10.3. The molecule has 5 aromatic rings. The van der Waals surface area contributed by atoms with Gasteiger partial charge in [-0.2, -0.15) is 10.2 Å². The fraction of sp³-hybridized carbons (Fsp3) is 0.130. The number of rotatable bonds is 2. The second-order valence-corrected chi connectivity index (χ2v) is 7.97. The number of hydrogen-bond acceptors (Lipinski definition) is 5. The van der Waals surface area contributed by atoms with Gasteiger partial charge in [0.05, 0.1) is 28.4 Å². The number of benzene rings is 2. The minimum Gasteiger partial charge on any atom is -0.420 e. The molecule has 0 spiro atoms. The highest BCUT2D eigenvalue weighted by Gasteiger charge is 2.37. The van der Waals surface area contributed by atoms with Gasteiger partial charge in [0.25, 0.3) is 0 Å². The Morgan fingerprint density at radius 3 is 2.48 bits per heavy atom. The van der Waals surface area contributed by atoms with E-state index in [-0.39, 0.29) is 5.92 Å². The van der Waals surface area contributed by atoms with Crippen molar-refractivity contribution in [3.63, 3.8) is 0 Å². The van der Waals surface area contributed by atoms with Crippen molar-refractivity contribution in [2.45, 2.75) is 19.8 Å². The summed E-state index contributed by atoms with van der Waals surface area (Å²) in [4.78, 5) is 9.24. The van der Waals surface area contributed by atoms with Gasteiger partial charge in [-0.25, -0.2) is 19.2 Å². The average molecular weight is 429 g/mol. The molecular formula is C23H17ClN6O. The third kappa shape index (κ3) is 2.74. The van der Waals surface area contributed by atoms with Crippen LogP contribution in [0.2, 0.25) is 5.02 Å². The Morgan fingerprint density at radius 1 is 0.935 bits per heavy atom. The third-order valence-electron chi connectivity index (χ3n) is 5.53. The number of ether oxygens (including phenoxy) is 1. The molecule has 0 saturated heterocycles. The summed E-state index contributed by atoms with van der Waals surface area (Å²) in [5.74, 6) is 1.70. The Balaban J connectivity index is 1.65. The van der Waals surface area contributed by atoms with E-state index in [4.69, 9.17) is 21.4 Å². The van der Waals surface area contributed by atoms with E-state index in [1.165, 1.54) is 0 Å². The summed E-state index contributed by atoms with van der Waals surface area (Å²) in [7, 11) is 0. The molecule has 1 unspecified atom stereocenters. The van der Waals surface area contributed by atoms with Crippen molar-refractivity contribution in [2.24, 2.45) is 0 Å². The monoisotopic (exact) mass is 428 g/mol. The number of hydrogen-bond donors (Lipinski definition) is 0. The van der Waals surface area contributed by atoms with Crippen LogP contribution in [0, 0.1) is 13.8 Å². The standard InChI is InChI=1S/C23H17ClN6O/c1-13-18-19(15-6-4-3-5-7-15)20-21-26-14(2)28-29(21)12-25-22(20)31-23(18)30(27-13)17-10-8-16(24)9-11-17/h3-12,19H,1-2H3. The summed E-state index contributed by atoms with van der Waals surface area (Å²) in [6, 6.07) is 17.8. The predicted molar refractivity (Wildman–Crippen MR) is 116 cm³/mol. The van der Waals surface area contributed by atoms with Crippen molar-refractivity contribution in [1.29, 1.82) is 0 Å². The maximum atomic E-state index is 6.36. The van der Waals surface area contributed by atoms with Crippen molar-refractivity contribution in [2.75, 3.05) is 0 Å². The van der Waals surface area contributed by atoms with Crippen LogP contribution in [0.15, 0.2) is 60.9 Å². The van der Waals surface area contributed by atoms with Gasteiger partial charge in [-0.15, -0.1) is 0 Å². The average Bonchev–Trinajstić information content (AvgIpc) is 3.32. The molecule has 8 heteroatoms. The lowest BCUT2D eigenvalue weighted by atomic mass is 9.84. The Kier molecular flexibility index (Phi) is 3.88. The first kappa shape index (κ1) is 18.1. The molecule has 31 heavy (non-hydrogen) atoms. The van der Waals surface area contributed by atoms with Gasteiger partial charge >= 0.3 is 0 Å². The SMILES string of the molecule is Cc1nc2c3c(ncn2n1)Oc1c(c(C)nn1-c1ccc(Cl)cc1)C3c1ccccc1. The zero-order valence-electron chi connectivity index (χ0n) is 16.8. The summed E-state index contributed by atoms with van der Waals surface area (Å²) in [6.45, 7) is 3.87. The van der Waals surface area contributed by atoms with Crippen molar-refractivity contribution < 1.29 is 4.74 Å². The lowest BCUT2D eigenvalue weighted by molar-refractivity contribution is 0.402. The number of aromatic nitrogens is 6. The fourth-order valence-electron chi connectivity index (χ4n) is 4.22. The zero-order chi connectivity index (χ0) is 21.1. The molecule has 0 bridgehead atoms. The molecule has 1 aliphatic rings. The molecule has 3 aromatic heterocycles. The van der Waals surface area contributed by atoms with E-state index < -0.39 is 0 Å². The lowest BCUT2D eigenvalue weighted by Gasteiger charge is -2.26. The van der Waals surface area contributed by atoms with E-state index in [0.29, 0.717) is 22.6 Å². The van der Waals surface area contributed by atoms with Crippen LogP contribution < -0.4 is 4.74 Å². The number of nitrogens with zero attached hydrogens (tertiary/aromatic N) is 6. The van der Waals surface area contributed by atoms with Gasteiger partial charge in [-0.1, -0.05) is 41.9 Å². The van der Waals surface area contributed by atoms with Gasteiger partial charge < -0.3 is 4.74 Å². The van der Waals surface area contributed by atoms with E-state index in [2.05, 4.69) is 27.2 Å². The van der Waals surface area contributed by atoms with Crippen molar-refractivity contribution in [3.8, 4) is 17.4 Å². The summed E-state index contributed by atoms with van der Waals surface area (Å²) in [5, 5.41) is 9.92. The van der Waals surface area contributed by atoms with Crippen LogP contribution in [0.5, 0.6) is 11.8 Å². The molecule has 4 heterocycles. The van der Waals surface area contributed by atoms with Crippen molar-refractivity contribution in [1.82, 2.24) is 29.4 Å². The van der Waals surface area contributed by atoms with Crippen LogP contribution >= 0.6 is 11.6 Å². The third-order valence-corrected chi connectivity index (χ3v) is 5.78. The van der Waals surface area contributed by atoms with Gasteiger partial charge in [0, 0.05) is 5.02 Å². The summed E-state index contributed by atoms with van der Waals surface area (Å²) < 4.78 is 9.87. The predicted octanol–water partition coefficient (Wildman–Crippen LogP) is 4.87. The van der Waals surface area contributed by atoms with Gasteiger partial charge in [0.1, 0.15) is 12.2 Å². The Bertz CT molecular complexity index is 1440. The van der Waals surface area contributed by atoms with E-state index >= 15 is 0 Å². The van der Waals surface area contributed by atoms with Gasteiger partial charge in [0.15, 0.2) is 5.65 Å². The van der Waals surface area contributed by atoms with E-state index in [9.17, 15) is 0 Å². The molecule has 1 aliphatic heterocycles. The van der Waals surface area contributed by atoms with Crippen molar-refractivity contribution >= 4 is 17.2 Å². The highest BCUT2D eigenvalue weighted by molar-refractivity contribution is 6.30. The fourth-order valence-corrected chi connectivity index (χ4v) is 4.35. The highest BCUT2D eigenvalue weighted by Crippen LogP contribution is 2.49. The van der Waals surface area contributed by atoms with Crippen LogP contribution in [-0.2, 0) is 0 Å². The Hall–Kier alpha value is -3.71. The van der Waals surface area contributed by atoms with Gasteiger partial charge in [-0.05, 0) is 43.7 Å². The number of halogens is 1. The molecule has 0 amide bonds. The Labute approximate surface area is 182 Å². The molecule has 0 fully saturated rings. The maximum absolute atomic E-state index is 6.36. The first-order valence-electron chi connectivity index (χ1n) is 9.90. The van der Waals surface area contributed by atoms with Crippen LogP contribution in [0.3, 0.4) is 0 Å². The normalized spacial score (nSPS) is 14.9. The molecule has 2 aromatic carbocycles. The molecule has 0 aliphatic carbocycles. The van der Waals surface area contributed by atoms with E-state index in [0.717, 1.165) is 33.7 Å². The molecule has 0 N–H and O–H groups in total. The summed E-state index contributed by atoms with van der Waals surface area (Å²) in [5.41, 5.74) is 5.47. The van der Waals surface area contributed by atoms with Gasteiger partial charge in [0.2, 0.25) is 11.8 Å². The highest BCUT2D eigenvalue weighted by atomic mass is 35.5. The van der Waals surface area contributed by atoms with E-state index in [1.807, 2.05) is 56.3 Å². The molecular weight excluding hydrogens is 412 g/mol. The lowest BCUT2D eigenvalue weighted by Crippen LogP contribution is -2.16. The minimum atomic E-state index is -0.138. The molecule has 0 radical (unpaired) electrons. The minimum absolute atomic E-state index is 0.138. The van der Waals surface area contributed by atoms with Gasteiger partial charge in [-0.3, -0.25) is 0 Å². The summed E-state index contributed by atoms with van der Waals surface area (Å²) >= 11 is 6.09. The van der Waals surface area contributed by atoms with Crippen LogP contribution in [0.4, 0.5) is 0 Å². The number of aryl methyl sites for hydroxylation is 2. The van der Waals surface area contributed by atoms with Crippen LogP contribution in [-0.4, -0.2) is 29.4 Å². The molecule has 1 atom stereocenters. The zero-order valence-corrected chi connectivity index (χ0v) is 17.6. The molecule has 7 nitrogen and oxygen atoms in total. The second-order valence-electron chi connectivity index (χ2n) is 7.53. The quantitative estimate of drug-likeness (QED) is 0.393. The van der Waals surface area contributed by atoms with E-state index in [1.54, 1.807) is 15.5 Å². The Morgan fingerprint density at radius 2 is 1.71 bits per heavy atom. The topological polar surface area (TPSA) is 70.1 Å². The smallest absolute Gasteiger partial charge is 0.230 e.